The van der Waals surface area contributed by atoms with Gasteiger partial charge in [-0.2, -0.15) is 0 Å². The summed E-state index contributed by atoms with van der Waals surface area (Å²) in [6.45, 7) is 1.48. The van der Waals surface area contributed by atoms with Crippen LogP contribution < -0.4 is 14.8 Å². The van der Waals surface area contributed by atoms with Crippen LogP contribution in [-0.2, 0) is 26.0 Å². The fourth-order valence-corrected chi connectivity index (χ4v) is 5.52. The number of sulfone groups is 1. The fraction of sp³-hybridized carbons (Fsp3) is 0.333. The molecule has 180 valence electrons. The Morgan fingerprint density at radius 1 is 1.03 bits per heavy atom. The van der Waals surface area contributed by atoms with Gasteiger partial charge in [0.2, 0.25) is 11.8 Å². The fourth-order valence-electron chi connectivity index (χ4n) is 4.15. The lowest BCUT2D eigenvalue weighted by Crippen LogP contribution is -2.30. The highest BCUT2D eigenvalue weighted by Gasteiger charge is 2.26. The number of rotatable bonds is 8. The molecule has 0 radical (unpaired) electrons. The third-order valence-corrected chi connectivity index (χ3v) is 7.49. The maximum absolute atomic E-state index is 13.3. The van der Waals surface area contributed by atoms with Gasteiger partial charge in [-0.3, -0.25) is 9.59 Å². The van der Waals surface area contributed by atoms with Crippen LogP contribution in [0.25, 0.3) is 10.9 Å². The number of carbonyl (C=O) groups is 2. The number of fused-ring (bicyclic) bond motifs is 1. The Labute approximate surface area is 198 Å². The summed E-state index contributed by atoms with van der Waals surface area (Å²) in [5.41, 5.74) is 0.934. The van der Waals surface area contributed by atoms with Gasteiger partial charge in [0.25, 0.3) is 0 Å². The van der Waals surface area contributed by atoms with Crippen molar-refractivity contribution in [3.05, 3.63) is 48.7 Å². The minimum Gasteiger partial charge on any atom is -0.497 e. The van der Waals surface area contributed by atoms with Crippen LogP contribution in [0.4, 0.5) is 5.69 Å². The minimum atomic E-state index is -4.01. The van der Waals surface area contributed by atoms with Crippen LogP contribution in [0.5, 0.6) is 11.5 Å². The summed E-state index contributed by atoms with van der Waals surface area (Å²) in [6.07, 6.45) is 3.41. The molecule has 0 spiro atoms. The van der Waals surface area contributed by atoms with Crippen molar-refractivity contribution in [3.8, 4) is 11.5 Å². The minimum absolute atomic E-state index is 0.0186. The van der Waals surface area contributed by atoms with Gasteiger partial charge in [0.1, 0.15) is 23.8 Å². The van der Waals surface area contributed by atoms with Crippen molar-refractivity contribution in [1.29, 1.82) is 0 Å². The Kier molecular flexibility index (Phi) is 6.78. The Bertz CT molecular complexity index is 1330. The Balaban J connectivity index is 1.58. The third-order valence-electron chi connectivity index (χ3n) is 5.85. The normalized spacial score (nSPS) is 13.8. The number of anilines is 1. The number of carbonyl (C=O) groups excluding carboxylic acids is 2. The first-order chi connectivity index (χ1) is 16.3. The van der Waals surface area contributed by atoms with E-state index in [9.17, 15) is 18.0 Å². The average Bonchev–Trinajstić information content (AvgIpc) is 3.48. The molecule has 0 atom stereocenters. The lowest BCUT2D eigenvalue weighted by atomic mass is 10.2. The van der Waals surface area contributed by atoms with E-state index < -0.39 is 21.5 Å². The van der Waals surface area contributed by atoms with E-state index in [0.29, 0.717) is 28.1 Å². The largest absolute Gasteiger partial charge is 0.497 e. The van der Waals surface area contributed by atoms with Crippen molar-refractivity contribution in [2.45, 2.75) is 24.3 Å². The van der Waals surface area contributed by atoms with Crippen LogP contribution in [0.3, 0.4) is 0 Å². The molecule has 0 saturated carbocycles. The number of nitrogens with one attached hydrogen (secondary N) is 1. The van der Waals surface area contributed by atoms with Gasteiger partial charge in [0.15, 0.2) is 9.84 Å². The van der Waals surface area contributed by atoms with Crippen LogP contribution in [0.15, 0.2) is 53.6 Å². The van der Waals surface area contributed by atoms with Gasteiger partial charge in [-0.25, -0.2) is 8.42 Å². The zero-order valence-electron chi connectivity index (χ0n) is 19.1. The maximum Gasteiger partial charge on any atom is 0.242 e. The number of amides is 2. The standard InChI is InChI=1S/C24H27N3O6S/c1-32-17-9-10-21(33-2)19(13-17)25-23(28)16-34(30,31)22-14-27(20-8-4-3-7-18(20)22)15-24(29)26-11-5-6-12-26/h3-4,7-10,13-14H,5-6,11-12,15-16H2,1-2H3,(H,25,28). The lowest BCUT2D eigenvalue weighted by Gasteiger charge is -2.15. The molecule has 0 aliphatic carbocycles. The van der Waals surface area contributed by atoms with E-state index in [0.717, 1.165) is 25.9 Å². The van der Waals surface area contributed by atoms with Gasteiger partial charge in [-0.05, 0) is 31.0 Å². The van der Waals surface area contributed by atoms with Crippen LogP contribution >= 0.6 is 0 Å². The van der Waals surface area contributed by atoms with Crippen LogP contribution in [0, 0.1) is 0 Å². The Morgan fingerprint density at radius 2 is 1.76 bits per heavy atom. The van der Waals surface area contributed by atoms with E-state index in [1.807, 2.05) is 0 Å². The highest BCUT2D eigenvalue weighted by Crippen LogP contribution is 2.30. The number of benzene rings is 2. The van der Waals surface area contributed by atoms with Gasteiger partial charge in [-0.15, -0.1) is 0 Å². The van der Waals surface area contributed by atoms with Gasteiger partial charge in [0, 0.05) is 36.3 Å². The summed E-state index contributed by atoms with van der Waals surface area (Å²) in [5, 5.41) is 3.07. The molecule has 1 aliphatic heterocycles. The molecule has 2 aromatic carbocycles. The zero-order chi connectivity index (χ0) is 24.3. The summed E-state index contributed by atoms with van der Waals surface area (Å²) in [5.74, 6) is -0.656. The van der Waals surface area contributed by atoms with E-state index in [1.54, 1.807) is 51.9 Å². The van der Waals surface area contributed by atoms with E-state index in [1.165, 1.54) is 20.4 Å². The number of hydrogen-bond donors (Lipinski definition) is 1. The topological polar surface area (TPSA) is 107 Å². The number of likely N-dealkylation sites (tertiary alicyclic amines) is 1. The molecule has 3 aromatic rings. The molecular formula is C24H27N3O6S. The molecular weight excluding hydrogens is 458 g/mol. The molecule has 9 nitrogen and oxygen atoms in total. The first-order valence-corrected chi connectivity index (χ1v) is 12.6. The second-order valence-corrected chi connectivity index (χ2v) is 10.1. The number of aromatic nitrogens is 1. The predicted octanol–water partition coefficient (Wildman–Crippen LogP) is 2.69. The molecule has 34 heavy (non-hydrogen) atoms. The molecule has 1 N–H and O–H groups in total. The molecule has 1 aromatic heterocycles. The Morgan fingerprint density at radius 3 is 2.47 bits per heavy atom. The monoisotopic (exact) mass is 485 g/mol. The average molecular weight is 486 g/mol. The lowest BCUT2D eigenvalue weighted by molar-refractivity contribution is -0.130. The molecule has 2 heterocycles. The van der Waals surface area contributed by atoms with E-state index in [2.05, 4.69) is 5.32 Å². The molecule has 1 aliphatic rings. The number of hydrogen-bond acceptors (Lipinski definition) is 6. The van der Waals surface area contributed by atoms with Crippen molar-refractivity contribution in [2.24, 2.45) is 0 Å². The summed E-state index contributed by atoms with van der Waals surface area (Å²) in [6, 6.07) is 11.8. The van der Waals surface area contributed by atoms with Crippen molar-refractivity contribution in [2.75, 3.05) is 38.4 Å². The molecule has 4 rings (SSSR count). The Hall–Kier alpha value is -3.53. The molecule has 1 fully saturated rings. The number of nitrogens with zero attached hydrogens (tertiary/aromatic N) is 2. The highest BCUT2D eigenvalue weighted by atomic mass is 32.2. The maximum atomic E-state index is 13.3. The molecule has 0 bridgehead atoms. The van der Waals surface area contributed by atoms with Crippen molar-refractivity contribution in [3.63, 3.8) is 0 Å². The van der Waals surface area contributed by atoms with E-state index in [-0.39, 0.29) is 17.3 Å². The zero-order valence-corrected chi connectivity index (χ0v) is 19.9. The van der Waals surface area contributed by atoms with Gasteiger partial charge in [0.05, 0.1) is 24.8 Å². The molecule has 1 saturated heterocycles. The molecule has 0 unspecified atom stereocenters. The van der Waals surface area contributed by atoms with Crippen LogP contribution in [0.1, 0.15) is 12.8 Å². The first kappa shape index (κ1) is 23.6. The smallest absolute Gasteiger partial charge is 0.242 e. The summed E-state index contributed by atoms with van der Waals surface area (Å²) >= 11 is 0. The quantitative estimate of drug-likeness (QED) is 0.526. The SMILES string of the molecule is COc1ccc(OC)c(NC(=O)CS(=O)(=O)c2cn(CC(=O)N3CCCC3)c3ccccc23)c1. The predicted molar refractivity (Wildman–Crippen MR) is 128 cm³/mol. The first-order valence-electron chi connectivity index (χ1n) is 10.9. The van der Waals surface area contributed by atoms with E-state index in [4.69, 9.17) is 9.47 Å². The number of ether oxygens (including phenoxy) is 2. The highest BCUT2D eigenvalue weighted by molar-refractivity contribution is 7.92. The van der Waals surface area contributed by atoms with Gasteiger partial charge < -0.3 is 24.3 Å². The summed E-state index contributed by atoms with van der Waals surface area (Å²) in [4.78, 5) is 27.2. The van der Waals surface area contributed by atoms with Gasteiger partial charge in [-0.1, -0.05) is 18.2 Å². The molecule has 10 heteroatoms. The summed E-state index contributed by atoms with van der Waals surface area (Å²) < 4.78 is 38.6. The van der Waals surface area contributed by atoms with Crippen molar-refractivity contribution >= 4 is 38.2 Å². The third kappa shape index (κ3) is 4.86. The number of methoxy groups -OCH3 is 2. The van der Waals surface area contributed by atoms with Crippen molar-refractivity contribution in [1.82, 2.24) is 9.47 Å². The van der Waals surface area contributed by atoms with Crippen LogP contribution in [-0.4, -0.2) is 62.8 Å². The van der Waals surface area contributed by atoms with Crippen LogP contribution in [0.2, 0.25) is 0 Å². The second kappa shape index (κ2) is 9.76. The van der Waals surface area contributed by atoms with E-state index >= 15 is 0 Å². The summed E-state index contributed by atoms with van der Waals surface area (Å²) in [7, 11) is -1.07. The van der Waals surface area contributed by atoms with Gasteiger partial charge >= 0.3 is 0 Å². The molecule has 2 amide bonds. The second-order valence-electron chi connectivity index (χ2n) is 8.10. The van der Waals surface area contributed by atoms with Crippen molar-refractivity contribution < 1.29 is 27.5 Å². The number of para-hydroxylation sites is 1.